The molecule has 2 aromatic carbocycles. The summed E-state index contributed by atoms with van der Waals surface area (Å²) in [6, 6.07) is 14.4. The minimum atomic E-state index is -0.170. The lowest BCUT2D eigenvalue weighted by molar-refractivity contribution is 0.104. The Labute approximate surface area is 155 Å². The Morgan fingerprint density at radius 1 is 1.19 bits per heavy atom. The summed E-state index contributed by atoms with van der Waals surface area (Å²) >= 11 is 1.21. The topological polar surface area (TPSA) is 86.5 Å². The van der Waals surface area contributed by atoms with Crippen LogP contribution in [0.25, 0.3) is 0 Å². The maximum atomic E-state index is 12.7. The molecule has 0 saturated carbocycles. The fourth-order valence-corrected chi connectivity index (χ4v) is 3.27. The molecular weight excluding hydrogens is 350 g/mol. The van der Waals surface area contributed by atoms with Crippen LogP contribution >= 0.6 is 11.3 Å². The quantitative estimate of drug-likeness (QED) is 0.610. The van der Waals surface area contributed by atoms with Gasteiger partial charge < -0.3 is 20.5 Å². The lowest BCUT2D eigenvalue weighted by Crippen LogP contribution is -2.02. The summed E-state index contributed by atoms with van der Waals surface area (Å²) in [5, 5.41) is 3.68. The number of thiazole rings is 1. The van der Waals surface area contributed by atoms with Crippen LogP contribution in [0.15, 0.2) is 48.5 Å². The smallest absolute Gasteiger partial charge is 0.206 e. The third-order valence-corrected chi connectivity index (χ3v) is 4.62. The van der Waals surface area contributed by atoms with Gasteiger partial charge in [-0.25, -0.2) is 4.98 Å². The second kappa shape index (κ2) is 7.88. The van der Waals surface area contributed by atoms with E-state index in [-0.39, 0.29) is 11.6 Å². The van der Waals surface area contributed by atoms with Crippen molar-refractivity contribution in [1.29, 1.82) is 0 Å². The molecule has 0 amide bonds. The van der Waals surface area contributed by atoms with E-state index in [0.29, 0.717) is 27.9 Å². The van der Waals surface area contributed by atoms with Crippen LogP contribution in [-0.2, 0) is 0 Å². The third-order valence-electron chi connectivity index (χ3n) is 3.64. The van der Waals surface area contributed by atoms with Crippen molar-refractivity contribution >= 4 is 33.8 Å². The van der Waals surface area contributed by atoms with Gasteiger partial charge in [-0.15, -0.1) is 0 Å². The SMILES string of the molecule is CCOc1ccc(C(=O)c2sc(Nc3ccccc3OC)nc2N)cc1. The van der Waals surface area contributed by atoms with Crippen molar-refractivity contribution in [3.8, 4) is 11.5 Å². The van der Waals surface area contributed by atoms with E-state index in [1.807, 2.05) is 31.2 Å². The molecule has 0 radical (unpaired) electrons. The van der Waals surface area contributed by atoms with Gasteiger partial charge in [-0.1, -0.05) is 23.5 Å². The number of ether oxygens (including phenoxy) is 2. The van der Waals surface area contributed by atoms with Gasteiger partial charge in [0.25, 0.3) is 0 Å². The first kappa shape index (κ1) is 17.8. The molecule has 0 saturated heterocycles. The Hall–Kier alpha value is -3.06. The second-order valence-corrected chi connectivity index (χ2v) is 6.34. The number of nitrogens with two attached hydrogens (primary N) is 1. The number of hydrogen-bond donors (Lipinski definition) is 2. The Morgan fingerprint density at radius 3 is 2.62 bits per heavy atom. The van der Waals surface area contributed by atoms with Crippen LogP contribution in [0.5, 0.6) is 11.5 Å². The van der Waals surface area contributed by atoms with Crippen molar-refractivity contribution in [2.24, 2.45) is 0 Å². The first-order valence-electron chi connectivity index (χ1n) is 8.06. The lowest BCUT2D eigenvalue weighted by Gasteiger charge is -2.07. The highest BCUT2D eigenvalue weighted by Gasteiger charge is 2.18. The summed E-state index contributed by atoms with van der Waals surface area (Å²) in [5.74, 6) is 1.43. The summed E-state index contributed by atoms with van der Waals surface area (Å²) in [7, 11) is 1.59. The zero-order valence-electron chi connectivity index (χ0n) is 14.5. The number of nitrogen functional groups attached to an aromatic ring is 1. The number of methoxy groups -OCH3 is 1. The third kappa shape index (κ3) is 3.78. The van der Waals surface area contributed by atoms with Crippen molar-refractivity contribution < 1.29 is 14.3 Å². The summed E-state index contributed by atoms with van der Waals surface area (Å²) in [6.07, 6.45) is 0. The minimum absolute atomic E-state index is 0.170. The highest BCUT2D eigenvalue weighted by Crippen LogP contribution is 2.33. The van der Waals surface area contributed by atoms with E-state index < -0.39 is 0 Å². The molecule has 0 bridgehead atoms. The van der Waals surface area contributed by atoms with Gasteiger partial charge in [0.2, 0.25) is 5.78 Å². The number of carbonyl (C=O) groups excluding carboxylic acids is 1. The van der Waals surface area contributed by atoms with Gasteiger partial charge in [0.1, 0.15) is 22.2 Å². The standard InChI is InChI=1S/C19H19N3O3S/c1-3-25-13-10-8-12(9-11-13)16(23)17-18(20)22-19(26-17)21-14-6-4-5-7-15(14)24-2/h4-11H,3,20H2,1-2H3,(H,21,22). The number of nitrogens with zero attached hydrogens (tertiary/aromatic N) is 1. The number of benzene rings is 2. The van der Waals surface area contributed by atoms with Crippen LogP contribution in [-0.4, -0.2) is 24.5 Å². The fraction of sp³-hybridized carbons (Fsp3) is 0.158. The first-order valence-corrected chi connectivity index (χ1v) is 8.88. The molecule has 0 unspecified atom stereocenters. The Morgan fingerprint density at radius 2 is 1.92 bits per heavy atom. The number of para-hydroxylation sites is 2. The van der Waals surface area contributed by atoms with Crippen molar-refractivity contribution in [3.63, 3.8) is 0 Å². The van der Waals surface area contributed by atoms with Gasteiger partial charge in [0.05, 0.1) is 19.4 Å². The summed E-state index contributed by atoms with van der Waals surface area (Å²) < 4.78 is 10.7. The monoisotopic (exact) mass is 369 g/mol. The average molecular weight is 369 g/mol. The van der Waals surface area contributed by atoms with E-state index in [0.717, 1.165) is 11.4 Å². The highest BCUT2D eigenvalue weighted by atomic mass is 32.1. The highest BCUT2D eigenvalue weighted by molar-refractivity contribution is 7.18. The van der Waals surface area contributed by atoms with Gasteiger partial charge in [0.15, 0.2) is 5.13 Å². The van der Waals surface area contributed by atoms with E-state index in [1.165, 1.54) is 11.3 Å². The molecule has 0 aliphatic carbocycles. The van der Waals surface area contributed by atoms with Gasteiger partial charge in [-0.05, 0) is 43.3 Å². The zero-order chi connectivity index (χ0) is 18.5. The molecule has 1 aromatic heterocycles. The summed E-state index contributed by atoms with van der Waals surface area (Å²) in [5.41, 5.74) is 7.25. The molecule has 0 aliphatic heterocycles. The Bertz CT molecular complexity index is 907. The fourth-order valence-electron chi connectivity index (χ4n) is 2.41. The maximum absolute atomic E-state index is 12.7. The first-order chi connectivity index (χ1) is 12.6. The van der Waals surface area contributed by atoms with Crippen LogP contribution in [0, 0.1) is 0 Å². The van der Waals surface area contributed by atoms with Crippen molar-refractivity contribution in [1.82, 2.24) is 4.98 Å². The molecule has 3 rings (SSSR count). The van der Waals surface area contributed by atoms with Crippen molar-refractivity contribution in [2.75, 3.05) is 24.8 Å². The largest absolute Gasteiger partial charge is 0.495 e. The predicted octanol–water partition coefficient (Wildman–Crippen LogP) is 4.11. The molecule has 6 nitrogen and oxygen atoms in total. The number of rotatable bonds is 7. The van der Waals surface area contributed by atoms with Crippen LogP contribution < -0.4 is 20.5 Å². The summed E-state index contributed by atoms with van der Waals surface area (Å²) in [6.45, 7) is 2.49. The van der Waals surface area contributed by atoms with E-state index in [2.05, 4.69) is 10.3 Å². The van der Waals surface area contributed by atoms with Gasteiger partial charge in [-0.2, -0.15) is 0 Å². The lowest BCUT2D eigenvalue weighted by atomic mass is 10.1. The Balaban J connectivity index is 1.82. The molecular formula is C19H19N3O3S. The zero-order valence-corrected chi connectivity index (χ0v) is 15.3. The van der Waals surface area contributed by atoms with Crippen molar-refractivity contribution in [2.45, 2.75) is 6.92 Å². The molecule has 0 aliphatic rings. The average Bonchev–Trinajstić information content (AvgIpc) is 3.02. The maximum Gasteiger partial charge on any atom is 0.206 e. The van der Waals surface area contributed by atoms with Crippen LogP contribution in [0.4, 0.5) is 16.6 Å². The minimum Gasteiger partial charge on any atom is -0.495 e. The molecule has 134 valence electrons. The van der Waals surface area contributed by atoms with Crippen LogP contribution in [0.3, 0.4) is 0 Å². The van der Waals surface area contributed by atoms with Crippen molar-refractivity contribution in [3.05, 3.63) is 59.0 Å². The van der Waals surface area contributed by atoms with E-state index in [4.69, 9.17) is 15.2 Å². The Kier molecular flexibility index (Phi) is 5.38. The molecule has 26 heavy (non-hydrogen) atoms. The number of nitrogens with one attached hydrogen (secondary N) is 1. The number of hydrogen-bond acceptors (Lipinski definition) is 7. The number of carbonyl (C=O) groups is 1. The van der Waals surface area contributed by atoms with Gasteiger partial charge >= 0.3 is 0 Å². The molecule has 3 N–H and O–H groups in total. The predicted molar refractivity (Wildman–Crippen MR) is 104 cm³/mol. The number of aromatic nitrogens is 1. The number of anilines is 3. The van der Waals surface area contributed by atoms with E-state index in [1.54, 1.807) is 31.4 Å². The molecule has 0 spiro atoms. The summed E-state index contributed by atoms with van der Waals surface area (Å²) in [4.78, 5) is 17.4. The normalized spacial score (nSPS) is 10.4. The van der Waals surface area contributed by atoms with E-state index in [9.17, 15) is 4.79 Å². The molecule has 3 aromatic rings. The number of ketones is 1. The molecule has 0 fully saturated rings. The molecule has 1 heterocycles. The second-order valence-electron chi connectivity index (χ2n) is 5.35. The van der Waals surface area contributed by atoms with Crippen LogP contribution in [0.1, 0.15) is 22.2 Å². The molecule has 0 atom stereocenters. The van der Waals surface area contributed by atoms with Gasteiger partial charge in [0, 0.05) is 5.56 Å². The van der Waals surface area contributed by atoms with Crippen LogP contribution in [0.2, 0.25) is 0 Å². The van der Waals surface area contributed by atoms with Gasteiger partial charge in [-0.3, -0.25) is 4.79 Å². The molecule has 7 heteroatoms. The van der Waals surface area contributed by atoms with E-state index >= 15 is 0 Å².